The minimum absolute atomic E-state index is 0.214. The minimum atomic E-state index is -1.85. The van der Waals surface area contributed by atoms with Crippen LogP contribution in [0.1, 0.15) is 71.3 Å². The molecule has 1 heterocycles. The Bertz CT molecular complexity index is 928. The van der Waals surface area contributed by atoms with Crippen LogP contribution in [-0.2, 0) is 15.6 Å². The molecule has 3 fully saturated rings. The molecule has 4 rings (SSSR count). The van der Waals surface area contributed by atoms with Crippen molar-refractivity contribution in [2.45, 2.75) is 103 Å². The molecule has 194 valence electrons. The van der Waals surface area contributed by atoms with Crippen molar-refractivity contribution in [1.82, 2.24) is 4.90 Å². The highest BCUT2D eigenvalue weighted by Gasteiger charge is 2.54. The van der Waals surface area contributed by atoms with E-state index in [2.05, 4.69) is 96.6 Å². The van der Waals surface area contributed by atoms with Gasteiger partial charge < -0.3 is 9.33 Å². The van der Waals surface area contributed by atoms with Crippen LogP contribution in [0.25, 0.3) is 0 Å². The maximum absolute atomic E-state index is 13.8. The first-order valence-corrected chi connectivity index (χ1v) is 18.1. The molecule has 35 heavy (non-hydrogen) atoms. The lowest BCUT2D eigenvalue weighted by molar-refractivity contribution is -0.140. The number of hydrogen-bond acceptors (Lipinski definition) is 2. The predicted octanol–water partition coefficient (Wildman–Crippen LogP) is 7.96. The van der Waals surface area contributed by atoms with Gasteiger partial charge in [-0.15, -0.1) is 0 Å². The molecule has 0 bridgehead atoms. The summed E-state index contributed by atoms with van der Waals surface area (Å²) in [6.07, 6.45) is 9.36. The van der Waals surface area contributed by atoms with Gasteiger partial charge in [-0.25, -0.2) is 0 Å². The molecule has 2 aliphatic carbocycles. The molecular formula is C30H46BrNO2Si. The van der Waals surface area contributed by atoms with Crippen LogP contribution in [-0.4, -0.2) is 37.3 Å². The van der Waals surface area contributed by atoms with E-state index in [9.17, 15) is 4.79 Å². The topological polar surface area (TPSA) is 29.5 Å². The fraction of sp³-hybridized carbons (Fsp3) is 0.700. The quantitative estimate of drug-likeness (QED) is 0.302. The number of likely N-dealkylation sites (tertiary alicyclic amines) is 1. The van der Waals surface area contributed by atoms with E-state index in [4.69, 9.17) is 4.43 Å². The Balaban J connectivity index is 1.52. The molecule has 3 aliphatic rings. The van der Waals surface area contributed by atoms with Crippen LogP contribution in [0.5, 0.6) is 0 Å². The smallest absolute Gasteiger partial charge is 0.253 e. The second-order valence-corrected chi connectivity index (χ2v) is 17.9. The molecule has 1 saturated heterocycles. The zero-order valence-corrected chi connectivity index (χ0v) is 25.4. The minimum Gasteiger partial charge on any atom is -0.403 e. The number of fused-ring (bicyclic) bond motifs is 1. The highest BCUT2D eigenvalue weighted by molar-refractivity contribution is 9.11. The van der Waals surface area contributed by atoms with Gasteiger partial charge in [0, 0.05) is 19.0 Å². The third kappa shape index (κ3) is 5.67. The maximum atomic E-state index is 13.8. The van der Waals surface area contributed by atoms with Crippen LogP contribution in [0.15, 0.2) is 40.9 Å². The van der Waals surface area contributed by atoms with Gasteiger partial charge in [0.1, 0.15) is 5.60 Å². The van der Waals surface area contributed by atoms with E-state index < -0.39 is 13.9 Å². The van der Waals surface area contributed by atoms with Crippen molar-refractivity contribution >= 4 is 30.2 Å². The molecule has 3 nitrogen and oxygen atoms in total. The molecule has 0 radical (unpaired) electrons. The third-order valence-corrected chi connectivity index (χ3v) is 11.0. The van der Waals surface area contributed by atoms with Gasteiger partial charge in [0.2, 0.25) is 0 Å². The average Bonchev–Trinajstić information content (AvgIpc) is 3.25. The highest BCUT2D eigenvalue weighted by Crippen LogP contribution is 2.60. The van der Waals surface area contributed by atoms with Crippen LogP contribution in [0, 0.1) is 23.2 Å². The molecule has 6 atom stereocenters. The van der Waals surface area contributed by atoms with Gasteiger partial charge in [0.05, 0.1) is 0 Å². The zero-order valence-electron chi connectivity index (χ0n) is 22.8. The molecule has 1 amide bonds. The monoisotopic (exact) mass is 559 g/mol. The summed E-state index contributed by atoms with van der Waals surface area (Å²) in [5.41, 5.74) is 2.65. The maximum Gasteiger partial charge on any atom is 0.253 e. The van der Waals surface area contributed by atoms with Crippen LogP contribution < -0.4 is 0 Å². The molecular weight excluding hydrogens is 514 g/mol. The molecule has 1 aromatic carbocycles. The first-order valence-electron chi connectivity index (χ1n) is 13.8. The molecule has 0 spiro atoms. The highest BCUT2D eigenvalue weighted by atomic mass is 79.9. The Morgan fingerprint density at radius 1 is 1.20 bits per heavy atom. The largest absolute Gasteiger partial charge is 0.403 e. The lowest BCUT2D eigenvalue weighted by Gasteiger charge is -2.45. The Morgan fingerprint density at radius 2 is 1.91 bits per heavy atom. The third-order valence-electron chi connectivity index (χ3n) is 9.30. The molecule has 2 saturated carbocycles. The normalized spacial score (nSPS) is 35.5. The SMILES string of the molecule is C[C@H](CC1CC(C)(O[Si](C)(C)C)C(=O)N1CCc1ccccc1)[C@H]1CC[C@H]2C(=CBr)CCC[C@]12C. The van der Waals surface area contributed by atoms with E-state index in [0.717, 1.165) is 37.6 Å². The lowest BCUT2D eigenvalue weighted by atomic mass is 9.61. The molecule has 1 aliphatic heterocycles. The number of carbonyl (C=O) groups excluding carboxylic acids is 1. The van der Waals surface area contributed by atoms with E-state index in [1.807, 2.05) is 0 Å². The van der Waals surface area contributed by atoms with E-state index in [1.165, 1.54) is 37.7 Å². The van der Waals surface area contributed by atoms with Crippen molar-refractivity contribution in [2.24, 2.45) is 23.2 Å². The van der Waals surface area contributed by atoms with E-state index in [-0.39, 0.29) is 11.9 Å². The number of benzene rings is 1. The van der Waals surface area contributed by atoms with Crippen LogP contribution in [0.4, 0.5) is 0 Å². The van der Waals surface area contributed by atoms with Crippen LogP contribution in [0.2, 0.25) is 19.6 Å². The van der Waals surface area contributed by atoms with E-state index in [1.54, 1.807) is 5.57 Å². The Kier molecular flexibility index (Phi) is 8.10. The van der Waals surface area contributed by atoms with Crippen LogP contribution >= 0.6 is 15.9 Å². The van der Waals surface area contributed by atoms with Crippen molar-refractivity contribution in [3.05, 3.63) is 46.5 Å². The summed E-state index contributed by atoms with van der Waals surface area (Å²) >= 11 is 3.67. The van der Waals surface area contributed by atoms with Crippen molar-refractivity contribution in [2.75, 3.05) is 6.54 Å². The summed E-state index contributed by atoms with van der Waals surface area (Å²) in [7, 11) is -1.85. The average molecular weight is 561 g/mol. The second-order valence-electron chi connectivity index (χ2n) is 13.0. The van der Waals surface area contributed by atoms with E-state index >= 15 is 0 Å². The summed E-state index contributed by atoms with van der Waals surface area (Å²) in [6.45, 7) is 14.5. The summed E-state index contributed by atoms with van der Waals surface area (Å²) in [5.74, 6) is 2.27. The molecule has 1 aromatic rings. The molecule has 0 N–H and O–H groups in total. The number of carbonyl (C=O) groups is 1. The number of allylic oxidation sites excluding steroid dienone is 1. The van der Waals surface area contributed by atoms with Gasteiger partial charge in [-0.3, -0.25) is 4.79 Å². The summed E-state index contributed by atoms with van der Waals surface area (Å²) in [4.78, 5) is 18.2. The molecule has 2 unspecified atom stereocenters. The lowest BCUT2D eigenvalue weighted by Crippen LogP contribution is -2.47. The van der Waals surface area contributed by atoms with Gasteiger partial charge in [-0.05, 0) is 105 Å². The first kappa shape index (κ1) is 27.1. The van der Waals surface area contributed by atoms with Crippen LogP contribution in [0.3, 0.4) is 0 Å². The van der Waals surface area contributed by atoms with Gasteiger partial charge >= 0.3 is 0 Å². The van der Waals surface area contributed by atoms with Gasteiger partial charge in [-0.1, -0.05) is 65.7 Å². The van der Waals surface area contributed by atoms with Gasteiger partial charge in [0.15, 0.2) is 8.32 Å². The fourth-order valence-corrected chi connectivity index (χ4v) is 10.1. The standard InChI is InChI=1S/C30H46BrNO2Si/c1-22(26-14-15-27-24(21-31)13-10-17-29(26,27)2)19-25-20-30(3,34-35(4,5)6)28(33)32(25)18-16-23-11-8-7-9-12-23/h7-9,11-12,21-22,25-27H,10,13-20H2,1-6H3/t22-,25?,26-,27+,29-,30?/m1/s1. The molecule has 5 heteroatoms. The Morgan fingerprint density at radius 3 is 2.57 bits per heavy atom. The van der Waals surface area contributed by atoms with Gasteiger partial charge in [-0.2, -0.15) is 0 Å². The summed E-state index contributed by atoms with van der Waals surface area (Å²) in [5, 5.41) is 0. The van der Waals surface area contributed by atoms with Crippen molar-refractivity contribution < 1.29 is 9.22 Å². The van der Waals surface area contributed by atoms with Crippen molar-refractivity contribution in [3.8, 4) is 0 Å². The number of rotatable bonds is 8. The first-order chi connectivity index (χ1) is 16.5. The predicted molar refractivity (Wildman–Crippen MR) is 152 cm³/mol. The fourth-order valence-electron chi connectivity index (χ4n) is 8.01. The Hall–Kier alpha value is -0.913. The van der Waals surface area contributed by atoms with Gasteiger partial charge in [0.25, 0.3) is 5.91 Å². The number of halogens is 1. The summed E-state index contributed by atoms with van der Waals surface area (Å²) < 4.78 is 6.59. The Labute approximate surface area is 223 Å². The summed E-state index contributed by atoms with van der Waals surface area (Å²) in [6, 6.07) is 10.9. The number of nitrogens with zero attached hydrogens (tertiary/aromatic N) is 1. The van der Waals surface area contributed by atoms with E-state index in [0.29, 0.717) is 11.3 Å². The number of hydrogen-bond donors (Lipinski definition) is 0. The van der Waals surface area contributed by atoms with Crippen molar-refractivity contribution in [1.29, 1.82) is 0 Å². The second kappa shape index (κ2) is 10.5. The molecule has 0 aromatic heterocycles. The zero-order chi connectivity index (χ0) is 25.4. The number of amides is 1. The van der Waals surface area contributed by atoms with Crippen molar-refractivity contribution in [3.63, 3.8) is 0 Å².